The molecule has 0 radical (unpaired) electrons. The van der Waals surface area contributed by atoms with Gasteiger partial charge in [0.2, 0.25) is 5.91 Å². The van der Waals surface area contributed by atoms with Crippen LogP contribution in [0.25, 0.3) is 0 Å². The van der Waals surface area contributed by atoms with Crippen LogP contribution in [0.15, 0.2) is 0 Å². The summed E-state index contributed by atoms with van der Waals surface area (Å²) in [6, 6.07) is 0. The molecule has 3 nitrogen and oxygen atoms in total. The second-order valence-corrected chi connectivity index (χ2v) is 5.72. The summed E-state index contributed by atoms with van der Waals surface area (Å²) in [4.78, 5) is 13.9. The van der Waals surface area contributed by atoms with Crippen molar-refractivity contribution in [2.75, 3.05) is 19.7 Å². The summed E-state index contributed by atoms with van der Waals surface area (Å²) >= 11 is 6.00. The van der Waals surface area contributed by atoms with Gasteiger partial charge in [-0.25, -0.2) is 0 Å². The van der Waals surface area contributed by atoms with E-state index in [0.717, 1.165) is 39.0 Å². The van der Waals surface area contributed by atoms with Gasteiger partial charge in [-0.3, -0.25) is 4.79 Å². The molecule has 2 fully saturated rings. The molecule has 2 saturated heterocycles. The standard InChI is InChI=1S/C13H22ClNO2/c1-2-11(14)12(16)15-8-6-13(7-9-15)5-3-4-10-17-13/h11H,2-10H2,1H3/t11-/m1/s1. The molecule has 2 rings (SSSR count). The Kier molecular flexibility index (Phi) is 4.31. The van der Waals surface area contributed by atoms with E-state index in [2.05, 4.69) is 0 Å². The van der Waals surface area contributed by atoms with E-state index in [1.165, 1.54) is 12.8 Å². The van der Waals surface area contributed by atoms with Gasteiger partial charge < -0.3 is 9.64 Å². The fraction of sp³-hybridized carbons (Fsp3) is 0.923. The van der Waals surface area contributed by atoms with Crippen LogP contribution in [0.1, 0.15) is 45.4 Å². The number of halogens is 1. The molecule has 0 aromatic carbocycles. The van der Waals surface area contributed by atoms with Crippen molar-refractivity contribution < 1.29 is 9.53 Å². The number of hydrogen-bond acceptors (Lipinski definition) is 2. The summed E-state index contributed by atoms with van der Waals surface area (Å²) in [5.41, 5.74) is 0.0725. The highest BCUT2D eigenvalue weighted by molar-refractivity contribution is 6.30. The van der Waals surface area contributed by atoms with Crippen LogP contribution < -0.4 is 0 Å². The Morgan fingerprint density at radius 1 is 1.35 bits per heavy atom. The number of nitrogens with zero attached hydrogens (tertiary/aromatic N) is 1. The first-order valence-electron chi connectivity index (χ1n) is 6.74. The van der Waals surface area contributed by atoms with E-state index in [-0.39, 0.29) is 16.9 Å². The number of hydrogen-bond donors (Lipinski definition) is 0. The van der Waals surface area contributed by atoms with Gasteiger partial charge in [-0.1, -0.05) is 6.92 Å². The van der Waals surface area contributed by atoms with Crippen molar-refractivity contribution in [3.63, 3.8) is 0 Å². The number of carbonyl (C=O) groups excluding carboxylic acids is 1. The third-order valence-corrected chi connectivity index (χ3v) is 4.54. The lowest BCUT2D eigenvalue weighted by Crippen LogP contribution is -2.50. The van der Waals surface area contributed by atoms with Crippen LogP contribution in [-0.4, -0.2) is 41.5 Å². The molecule has 0 aromatic heterocycles. The van der Waals surface area contributed by atoms with E-state index >= 15 is 0 Å². The number of piperidine rings is 1. The molecule has 98 valence electrons. The lowest BCUT2D eigenvalue weighted by atomic mass is 9.84. The summed E-state index contributed by atoms with van der Waals surface area (Å²) in [5, 5.41) is -0.351. The van der Waals surface area contributed by atoms with Gasteiger partial charge in [-0.2, -0.15) is 0 Å². The van der Waals surface area contributed by atoms with Crippen molar-refractivity contribution in [1.29, 1.82) is 0 Å². The highest BCUT2D eigenvalue weighted by atomic mass is 35.5. The molecule has 0 bridgehead atoms. The molecule has 2 aliphatic heterocycles. The monoisotopic (exact) mass is 259 g/mol. The summed E-state index contributed by atoms with van der Waals surface area (Å²) in [6.45, 7) is 4.45. The zero-order chi connectivity index (χ0) is 12.3. The van der Waals surface area contributed by atoms with Gasteiger partial charge in [0.1, 0.15) is 5.38 Å². The number of carbonyl (C=O) groups is 1. The maximum Gasteiger partial charge on any atom is 0.240 e. The van der Waals surface area contributed by atoms with Crippen LogP contribution in [0, 0.1) is 0 Å². The van der Waals surface area contributed by atoms with Crippen molar-refractivity contribution in [2.45, 2.75) is 56.4 Å². The van der Waals surface area contributed by atoms with E-state index in [1.807, 2.05) is 11.8 Å². The number of likely N-dealkylation sites (tertiary alicyclic amines) is 1. The topological polar surface area (TPSA) is 29.5 Å². The van der Waals surface area contributed by atoms with E-state index in [9.17, 15) is 4.79 Å². The minimum atomic E-state index is -0.351. The Morgan fingerprint density at radius 3 is 2.59 bits per heavy atom. The third kappa shape index (κ3) is 2.94. The fourth-order valence-corrected chi connectivity index (χ4v) is 2.95. The number of ether oxygens (including phenoxy) is 1. The Bertz CT molecular complexity index is 267. The quantitative estimate of drug-likeness (QED) is 0.714. The van der Waals surface area contributed by atoms with Gasteiger partial charge in [0.05, 0.1) is 5.60 Å². The molecule has 2 aliphatic rings. The van der Waals surface area contributed by atoms with Gasteiger partial charge in [0.15, 0.2) is 0 Å². The van der Waals surface area contributed by atoms with Gasteiger partial charge in [-0.15, -0.1) is 11.6 Å². The van der Waals surface area contributed by atoms with E-state index in [0.29, 0.717) is 6.42 Å². The van der Waals surface area contributed by atoms with Gasteiger partial charge in [0, 0.05) is 19.7 Å². The summed E-state index contributed by atoms with van der Waals surface area (Å²) in [5.74, 6) is 0.0971. The Labute approximate surface area is 108 Å². The molecule has 4 heteroatoms. The number of amides is 1. The third-order valence-electron chi connectivity index (χ3n) is 4.05. The lowest BCUT2D eigenvalue weighted by molar-refractivity contribution is -0.142. The smallest absolute Gasteiger partial charge is 0.240 e. The molecule has 0 aromatic rings. The molecule has 2 heterocycles. The van der Waals surface area contributed by atoms with Crippen molar-refractivity contribution in [3.8, 4) is 0 Å². The minimum absolute atomic E-state index is 0.0725. The molecular weight excluding hydrogens is 238 g/mol. The van der Waals surface area contributed by atoms with Gasteiger partial charge in [0.25, 0.3) is 0 Å². The van der Waals surface area contributed by atoms with E-state index in [4.69, 9.17) is 16.3 Å². The minimum Gasteiger partial charge on any atom is -0.375 e. The molecular formula is C13H22ClNO2. The average Bonchev–Trinajstić information content (AvgIpc) is 2.39. The van der Waals surface area contributed by atoms with Gasteiger partial charge in [-0.05, 0) is 38.5 Å². The first kappa shape index (κ1) is 13.2. The van der Waals surface area contributed by atoms with Crippen LogP contribution in [-0.2, 0) is 9.53 Å². The van der Waals surface area contributed by atoms with Crippen molar-refractivity contribution in [2.24, 2.45) is 0 Å². The fourth-order valence-electron chi connectivity index (χ4n) is 2.81. The van der Waals surface area contributed by atoms with Crippen molar-refractivity contribution in [1.82, 2.24) is 4.90 Å². The maximum atomic E-state index is 12.0. The molecule has 1 amide bonds. The largest absolute Gasteiger partial charge is 0.375 e. The summed E-state index contributed by atoms with van der Waals surface area (Å²) < 4.78 is 5.95. The first-order chi connectivity index (χ1) is 8.17. The Balaban J connectivity index is 1.87. The van der Waals surface area contributed by atoms with Crippen LogP contribution in [0.5, 0.6) is 0 Å². The predicted octanol–water partition coefficient (Wildman–Crippen LogP) is 2.57. The van der Waals surface area contributed by atoms with Crippen LogP contribution in [0.3, 0.4) is 0 Å². The predicted molar refractivity (Wildman–Crippen MR) is 68.3 cm³/mol. The molecule has 1 spiro atoms. The molecule has 17 heavy (non-hydrogen) atoms. The maximum absolute atomic E-state index is 12.0. The van der Waals surface area contributed by atoms with E-state index < -0.39 is 0 Å². The van der Waals surface area contributed by atoms with Crippen LogP contribution >= 0.6 is 11.6 Å². The highest BCUT2D eigenvalue weighted by Crippen LogP contribution is 2.35. The zero-order valence-corrected chi connectivity index (χ0v) is 11.3. The lowest BCUT2D eigenvalue weighted by Gasteiger charge is -2.44. The second kappa shape index (κ2) is 5.57. The molecule has 0 saturated carbocycles. The average molecular weight is 260 g/mol. The van der Waals surface area contributed by atoms with E-state index in [1.54, 1.807) is 0 Å². The first-order valence-corrected chi connectivity index (χ1v) is 7.17. The molecule has 0 unspecified atom stereocenters. The normalized spacial score (nSPS) is 25.9. The second-order valence-electron chi connectivity index (χ2n) is 5.19. The number of rotatable bonds is 2. The van der Waals surface area contributed by atoms with Crippen LogP contribution in [0.2, 0.25) is 0 Å². The summed E-state index contributed by atoms with van der Waals surface area (Å²) in [6.07, 6.45) is 6.27. The zero-order valence-electron chi connectivity index (χ0n) is 10.6. The SMILES string of the molecule is CC[C@@H](Cl)C(=O)N1CCC2(CCCCO2)CC1. The van der Waals surface area contributed by atoms with Crippen molar-refractivity contribution in [3.05, 3.63) is 0 Å². The van der Waals surface area contributed by atoms with Crippen LogP contribution in [0.4, 0.5) is 0 Å². The Morgan fingerprint density at radius 2 is 2.06 bits per heavy atom. The molecule has 0 aliphatic carbocycles. The molecule has 1 atom stereocenters. The van der Waals surface area contributed by atoms with Crippen molar-refractivity contribution >= 4 is 17.5 Å². The Hall–Kier alpha value is -0.280. The summed E-state index contributed by atoms with van der Waals surface area (Å²) in [7, 11) is 0. The molecule has 0 N–H and O–H groups in total. The highest BCUT2D eigenvalue weighted by Gasteiger charge is 2.38. The van der Waals surface area contributed by atoms with Gasteiger partial charge >= 0.3 is 0 Å². The number of alkyl halides is 1.